The van der Waals surface area contributed by atoms with Crippen LogP contribution in [-0.2, 0) is 9.53 Å². The van der Waals surface area contributed by atoms with Gasteiger partial charge in [-0.2, -0.15) is 0 Å². The molecule has 0 spiro atoms. The molecule has 0 bridgehead atoms. The molecule has 1 heterocycles. The van der Waals surface area contributed by atoms with Crippen LogP contribution in [0.5, 0.6) is 0 Å². The molecular weight excluding hydrogens is 246 g/mol. The number of nitrogens with zero attached hydrogens (tertiary/aromatic N) is 1. The van der Waals surface area contributed by atoms with Gasteiger partial charge in [-0.3, -0.25) is 4.79 Å². The summed E-state index contributed by atoms with van der Waals surface area (Å²) in [7, 11) is 0. The first-order chi connectivity index (χ1) is 8.79. The van der Waals surface area contributed by atoms with E-state index in [9.17, 15) is 9.59 Å². The zero-order valence-electron chi connectivity index (χ0n) is 12.1. The number of amides is 1. The summed E-state index contributed by atoms with van der Waals surface area (Å²) in [6.45, 7) is 6.28. The Kier molecular flexibility index (Phi) is 5.63. The van der Waals surface area contributed by atoms with Crippen molar-refractivity contribution >= 4 is 12.1 Å². The van der Waals surface area contributed by atoms with Gasteiger partial charge in [-0.15, -0.1) is 0 Å². The lowest BCUT2D eigenvalue weighted by atomic mass is 9.97. The largest absolute Gasteiger partial charge is 0.481 e. The molecule has 1 saturated heterocycles. The van der Waals surface area contributed by atoms with Crippen LogP contribution >= 0.6 is 0 Å². The Hall–Kier alpha value is -1.26. The minimum atomic E-state index is -0.778. The van der Waals surface area contributed by atoms with Crippen molar-refractivity contribution in [3.63, 3.8) is 0 Å². The van der Waals surface area contributed by atoms with Gasteiger partial charge in [0.1, 0.15) is 5.60 Å². The fourth-order valence-corrected chi connectivity index (χ4v) is 2.35. The number of rotatable bonds is 4. The predicted molar refractivity (Wildman–Crippen MR) is 72.1 cm³/mol. The van der Waals surface area contributed by atoms with Crippen molar-refractivity contribution in [2.75, 3.05) is 6.54 Å². The Labute approximate surface area is 114 Å². The summed E-state index contributed by atoms with van der Waals surface area (Å²) in [6, 6.07) is 0.128. The zero-order chi connectivity index (χ0) is 14.5. The number of carboxylic acid groups (broad SMARTS) is 1. The molecule has 0 radical (unpaired) electrons. The molecule has 1 aliphatic heterocycles. The third-order valence-electron chi connectivity index (χ3n) is 3.18. The smallest absolute Gasteiger partial charge is 0.410 e. The normalized spacial score (nSPS) is 20.2. The molecule has 1 rings (SSSR count). The van der Waals surface area contributed by atoms with Gasteiger partial charge in [0.2, 0.25) is 0 Å². The number of hydrogen-bond donors (Lipinski definition) is 1. The van der Waals surface area contributed by atoms with Crippen LogP contribution in [0.15, 0.2) is 0 Å². The molecule has 1 fully saturated rings. The fourth-order valence-electron chi connectivity index (χ4n) is 2.35. The highest BCUT2D eigenvalue weighted by Crippen LogP contribution is 2.23. The van der Waals surface area contributed by atoms with E-state index >= 15 is 0 Å². The lowest BCUT2D eigenvalue weighted by Crippen LogP contribution is -2.46. The molecule has 5 heteroatoms. The maximum absolute atomic E-state index is 12.1. The average Bonchev–Trinajstić information content (AvgIpc) is 2.26. The Morgan fingerprint density at radius 1 is 1.32 bits per heavy atom. The highest BCUT2D eigenvalue weighted by Gasteiger charge is 2.30. The molecule has 1 aliphatic rings. The number of carboxylic acids is 1. The van der Waals surface area contributed by atoms with E-state index in [-0.39, 0.29) is 18.6 Å². The predicted octanol–water partition coefficient (Wildman–Crippen LogP) is 3.03. The third kappa shape index (κ3) is 5.94. The summed E-state index contributed by atoms with van der Waals surface area (Å²) in [5.41, 5.74) is -0.486. The van der Waals surface area contributed by atoms with Gasteiger partial charge in [0.25, 0.3) is 0 Å². The van der Waals surface area contributed by atoms with E-state index in [1.54, 1.807) is 4.90 Å². The van der Waals surface area contributed by atoms with E-state index in [2.05, 4.69) is 0 Å². The second kappa shape index (κ2) is 6.78. The molecule has 1 unspecified atom stereocenters. The van der Waals surface area contributed by atoms with Gasteiger partial charge in [0.15, 0.2) is 0 Å². The van der Waals surface area contributed by atoms with Gasteiger partial charge in [-0.05, 0) is 52.9 Å². The van der Waals surface area contributed by atoms with E-state index in [1.807, 2.05) is 20.8 Å². The summed E-state index contributed by atoms with van der Waals surface area (Å²) < 4.78 is 5.41. The van der Waals surface area contributed by atoms with Crippen LogP contribution in [0.25, 0.3) is 0 Å². The van der Waals surface area contributed by atoms with E-state index in [0.29, 0.717) is 13.0 Å². The number of carbonyl (C=O) groups excluding carboxylic acids is 1. The van der Waals surface area contributed by atoms with E-state index in [4.69, 9.17) is 9.84 Å². The quantitative estimate of drug-likeness (QED) is 0.853. The molecule has 5 nitrogen and oxygen atoms in total. The second-order valence-corrected chi connectivity index (χ2v) is 6.11. The monoisotopic (exact) mass is 271 g/mol. The molecule has 1 atom stereocenters. The van der Waals surface area contributed by atoms with Crippen LogP contribution in [0, 0.1) is 0 Å². The van der Waals surface area contributed by atoms with Crippen molar-refractivity contribution in [1.82, 2.24) is 4.90 Å². The molecule has 0 aromatic heterocycles. The number of ether oxygens (including phenoxy) is 1. The number of aliphatic carboxylic acids is 1. The van der Waals surface area contributed by atoms with Crippen molar-refractivity contribution in [2.24, 2.45) is 0 Å². The average molecular weight is 271 g/mol. The van der Waals surface area contributed by atoms with Gasteiger partial charge >= 0.3 is 12.1 Å². The highest BCUT2D eigenvalue weighted by molar-refractivity contribution is 5.69. The topological polar surface area (TPSA) is 66.8 Å². The Bertz CT molecular complexity index is 322. The Morgan fingerprint density at radius 2 is 2.00 bits per heavy atom. The lowest BCUT2D eigenvalue weighted by Gasteiger charge is -2.36. The number of piperidine rings is 1. The number of likely N-dealkylation sites (tertiary alicyclic amines) is 1. The summed E-state index contributed by atoms with van der Waals surface area (Å²) in [5.74, 6) is -0.778. The van der Waals surface area contributed by atoms with Crippen molar-refractivity contribution < 1.29 is 19.4 Å². The van der Waals surface area contributed by atoms with Crippen LogP contribution in [-0.4, -0.2) is 40.3 Å². The van der Waals surface area contributed by atoms with Gasteiger partial charge in [-0.1, -0.05) is 0 Å². The molecule has 0 aromatic rings. The molecule has 110 valence electrons. The minimum absolute atomic E-state index is 0.128. The Balaban J connectivity index is 2.51. The summed E-state index contributed by atoms with van der Waals surface area (Å²) >= 11 is 0. The van der Waals surface area contributed by atoms with Crippen LogP contribution in [0.4, 0.5) is 4.79 Å². The van der Waals surface area contributed by atoms with Gasteiger partial charge in [0.05, 0.1) is 0 Å². The maximum atomic E-state index is 12.1. The van der Waals surface area contributed by atoms with E-state index in [0.717, 1.165) is 25.7 Å². The second-order valence-electron chi connectivity index (χ2n) is 6.11. The standard InChI is InChI=1S/C14H25NO4/c1-14(2,3)19-13(18)15-10-5-4-7-11(15)8-6-9-12(16)17/h11H,4-10H2,1-3H3,(H,16,17). The van der Waals surface area contributed by atoms with E-state index in [1.165, 1.54) is 0 Å². The zero-order valence-corrected chi connectivity index (χ0v) is 12.1. The van der Waals surface area contributed by atoms with Crippen LogP contribution in [0.1, 0.15) is 59.3 Å². The number of hydrogen-bond acceptors (Lipinski definition) is 3. The first-order valence-corrected chi connectivity index (χ1v) is 7.01. The first-order valence-electron chi connectivity index (χ1n) is 7.01. The van der Waals surface area contributed by atoms with Crippen molar-refractivity contribution in [3.05, 3.63) is 0 Å². The highest BCUT2D eigenvalue weighted by atomic mass is 16.6. The van der Waals surface area contributed by atoms with Crippen molar-refractivity contribution in [1.29, 1.82) is 0 Å². The van der Waals surface area contributed by atoms with Gasteiger partial charge in [-0.25, -0.2) is 4.79 Å². The molecule has 19 heavy (non-hydrogen) atoms. The van der Waals surface area contributed by atoms with E-state index < -0.39 is 11.6 Å². The molecule has 1 N–H and O–H groups in total. The van der Waals surface area contributed by atoms with Gasteiger partial charge < -0.3 is 14.7 Å². The molecular formula is C14H25NO4. The molecule has 0 saturated carbocycles. The van der Waals surface area contributed by atoms with Gasteiger partial charge in [0, 0.05) is 19.0 Å². The minimum Gasteiger partial charge on any atom is -0.481 e. The summed E-state index contributed by atoms with van der Waals surface area (Å²) in [6.07, 6.45) is 4.28. The van der Waals surface area contributed by atoms with Crippen molar-refractivity contribution in [3.8, 4) is 0 Å². The summed E-state index contributed by atoms with van der Waals surface area (Å²) in [4.78, 5) is 24.4. The van der Waals surface area contributed by atoms with Crippen LogP contribution in [0.2, 0.25) is 0 Å². The van der Waals surface area contributed by atoms with Crippen molar-refractivity contribution in [2.45, 2.75) is 70.9 Å². The SMILES string of the molecule is CC(C)(C)OC(=O)N1CCCCC1CCCC(=O)O. The first kappa shape index (κ1) is 15.8. The van der Waals surface area contributed by atoms with Crippen LogP contribution < -0.4 is 0 Å². The Morgan fingerprint density at radius 3 is 2.58 bits per heavy atom. The molecule has 0 aliphatic carbocycles. The number of carbonyl (C=O) groups is 2. The summed E-state index contributed by atoms with van der Waals surface area (Å²) in [5, 5.41) is 8.67. The lowest BCUT2D eigenvalue weighted by molar-refractivity contribution is -0.137. The fraction of sp³-hybridized carbons (Fsp3) is 0.857. The molecule has 0 aromatic carbocycles. The maximum Gasteiger partial charge on any atom is 0.410 e. The van der Waals surface area contributed by atoms with Crippen LogP contribution in [0.3, 0.4) is 0 Å². The molecule has 1 amide bonds. The third-order valence-corrected chi connectivity index (χ3v) is 3.18.